The fourth-order valence-electron chi connectivity index (χ4n) is 2.10. The maximum atomic E-state index is 11.0. The summed E-state index contributed by atoms with van der Waals surface area (Å²) in [4.78, 5) is 11.0. The van der Waals surface area contributed by atoms with Crippen LogP contribution in [0.4, 0.5) is 0 Å². The van der Waals surface area contributed by atoms with Gasteiger partial charge in [0.25, 0.3) is 0 Å². The lowest BCUT2D eigenvalue weighted by Gasteiger charge is -2.25. The van der Waals surface area contributed by atoms with Gasteiger partial charge in [-0.2, -0.15) is 0 Å². The van der Waals surface area contributed by atoms with Gasteiger partial charge in [-0.3, -0.25) is 0 Å². The van der Waals surface area contributed by atoms with Gasteiger partial charge in [-0.25, -0.2) is 4.79 Å². The molecule has 1 unspecified atom stereocenters. The fourth-order valence-corrected chi connectivity index (χ4v) is 2.10. The summed E-state index contributed by atoms with van der Waals surface area (Å²) in [6.07, 6.45) is 0. The molecule has 110 valence electrons. The molecule has 0 saturated carbocycles. The summed E-state index contributed by atoms with van der Waals surface area (Å²) in [5, 5.41) is 22.0. The van der Waals surface area contributed by atoms with Crippen molar-refractivity contribution in [3.05, 3.63) is 71.8 Å². The molecule has 1 atom stereocenters. The summed E-state index contributed by atoms with van der Waals surface area (Å²) in [5.41, 5.74) is 0.233. The molecule has 0 radical (unpaired) electrons. The molecule has 2 aromatic carbocycles. The number of rotatable bonds is 6. The van der Waals surface area contributed by atoms with Crippen LogP contribution in [0.2, 0.25) is 0 Å². The quantitative estimate of drug-likeness (QED) is 0.761. The average Bonchev–Trinajstić information content (AvgIpc) is 2.49. The number of carboxylic acid groups (broad SMARTS) is 1. The monoisotopic (exact) mass is 285 g/mol. The third kappa shape index (κ3) is 3.90. The summed E-state index contributed by atoms with van der Waals surface area (Å²) in [6.45, 7) is 1.24. The first-order chi connectivity index (χ1) is 10.0. The third-order valence-corrected chi connectivity index (χ3v) is 3.38. The molecule has 4 heteroatoms. The second-order valence-electron chi connectivity index (χ2n) is 5.21. The number of aliphatic hydroxyl groups is 1. The summed E-state index contributed by atoms with van der Waals surface area (Å²) in [5.74, 6) is -1.24. The first-order valence-electron chi connectivity index (χ1n) is 6.80. The van der Waals surface area contributed by atoms with Crippen LogP contribution in [-0.2, 0) is 4.79 Å². The molecule has 0 aliphatic heterocycles. The molecule has 21 heavy (non-hydrogen) atoms. The van der Waals surface area contributed by atoms with Crippen LogP contribution in [0.3, 0.4) is 0 Å². The number of nitrogens with one attached hydrogen (secondary N) is 1. The Balaban J connectivity index is 2.24. The van der Waals surface area contributed by atoms with E-state index in [1.165, 1.54) is 6.92 Å². The smallest absolute Gasteiger partial charge is 0.336 e. The van der Waals surface area contributed by atoms with Gasteiger partial charge in [-0.1, -0.05) is 60.7 Å². The number of hydrogen-bond acceptors (Lipinski definition) is 3. The Kier molecular flexibility index (Phi) is 4.73. The van der Waals surface area contributed by atoms with Crippen molar-refractivity contribution >= 4 is 5.97 Å². The number of carboxylic acids is 1. The molecule has 3 N–H and O–H groups in total. The van der Waals surface area contributed by atoms with Crippen LogP contribution in [0.5, 0.6) is 0 Å². The van der Waals surface area contributed by atoms with E-state index in [4.69, 9.17) is 5.11 Å². The highest BCUT2D eigenvalue weighted by Crippen LogP contribution is 2.22. The molecule has 0 aliphatic carbocycles. The molecule has 0 fully saturated rings. The van der Waals surface area contributed by atoms with E-state index in [2.05, 4.69) is 5.32 Å². The summed E-state index contributed by atoms with van der Waals surface area (Å²) < 4.78 is 0. The Hall–Kier alpha value is -2.17. The average molecular weight is 285 g/mol. The Labute approximate surface area is 124 Å². The van der Waals surface area contributed by atoms with Gasteiger partial charge in [0.1, 0.15) is 0 Å². The molecule has 2 rings (SSSR count). The molecule has 0 aromatic heterocycles. The van der Waals surface area contributed by atoms with E-state index in [0.717, 1.165) is 11.1 Å². The highest BCUT2D eigenvalue weighted by molar-refractivity contribution is 5.76. The van der Waals surface area contributed by atoms with E-state index in [-0.39, 0.29) is 12.6 Å². The Morgan fingerprint density at radius 3 is 1.86 bits per heavy atom. The summed E-state index contributed by atoms with van der Waals surface area (Å²) >= 11 is 0. The molecule has 0 heterocycles. The lowest BCUT2D eigenvalue weighted by Crippen LogP contribution is -2.45. The van der Waals surface area contributed by atoms with Crippen LogP contribution >= 0.6 is 0 Å². The van der Waals surface area contributed by atoms with E-state index in [1.54, 1.807) is 0 Å². The predicted molar refractivity (Wildman–Crippen MR) is 81.0 cm³/mol. The Bertz CT molecular complexity index is 542. The summed E-state index contributed by atoms with van der Waals surface area (Å²) in [6, 6.07) is 19.3. The first kappa shape index (κ1) is 15.2. The highest BCUT2D eigenvalue weighted by atomic mass is 16.4. The molecular formula is C17H19NO3. The zero-order valence-corrected chi connectivity index (χ0v) is 11.9. The number of carbonyl (C=O) groups is 1. The normalized spacial score (nSPS) is 13.9. The molecule has 0 spiro atoms. The Morgan fingerprint density at radius 2 is 1.48 bits per heavy atom. The van der Waals surface area contributed by atoms with Gasteiger partial charge in [0, 0.05) is 6.54 Å². The topological polar surface area (TPSA) is 69.6 Å². The van der Waals surface area contributed by atoms with Crippen LogP contribution in [-0.4, -0.2) is 28.3 Å². The van der Waals surface area contributed by atoms with Crippen molar-refractivity contribution in [2.75, 3.05) is 6.54 Å². The van der Waals surface area contributed by atoms with Gasteiger partial charge in [0.05, 0.1) is 6.04 Å². The standard InChI is InChI=1S/C17H19NO3/c1-17(21,16(19)20)12-18-15(13-8-4-2-5-9-13)14-10-6-3-7-11-14/h2-11,15,18,21H,12H2,1H3,(H,19,20). The zero-order valence-electron chi connectivity index (χ0n) is 11.9. The second-order valence-corrected chi connectivity index (χ2v) is 5.21. The van der Waals surface area contributed by atoms with E-state index in [9.17, 15) is 9.90 Å². The van der Waals surface area contributed by atoms with Crippen LogP contribution in [0, 0.1) is 0 Å². The van der Waals surface area contributed by atoms with Crippen molar-refractivity contribution in [1.29, 1.82) is 0 Å². The fraction of sp³-hybridized carbons (Fsp3) is 0.235. The van der Waals surface area contributed by atoms with E-state index < -0.39 is 11.6 Å². The van der Waals surface area contributed by atoms with Crippen molar-refractivity contribution in [1.82, 2.24) is 5.32 Å². The maximum absolute atomic E-state index is 11.0. The largest absolute Gasteiger partial charge is 0.479 e. The Morgan fingerprint density at radius 1 is 1.05 bits per heavy atom. The van der Waals surface area contributed by atoms with E-state index in [0.29, 0.717) is 0 Å². The molecule has 0 saturated heterocycles. The predicted octanol–water partition coefficient (Wildman–Crippen LogP) is 2.20. The van der Waals surface area contributed by atoms with Gasteiger partial charge in [0.2, 0.25) is 0 Å². The molecule has 2 aromatic rings. The SMILES string of the molecule is CC(O)(CNC(c1ccccc1)c1ccccc1)C(=O)O. The molecule has 0 aliphatic rings. The lowest BCUT2D eigenvalue weighted by atomic mass is 9.97. The van der Waals surface area contributed by atoms with Gasteiger partial charge in [-0.15, -0.1) is 0 Å². The van der Waals surface area contributed by atoms with Gasteiger partial charge >= 0.3 is 5.97 Å². The van der Waals surface area contributed by atoms with E-state index >= 15 is 0 Å². The van der Waals surface area contributed by atoms with Gasteiger partial charge < -0.3 is 15.5 Å². The lowest BCUT2D eigenvalue weighted by molar-refractivity contribution is -0.156. The number of aliphatic carboxylic acids is 1. The van der Waals surface area contributed by atoms with Crippen LogP contribution in [0.25, 0.3) is 0 Å². The molecule has 0 bridgehead atoms. The van der Waals surface area contributed by atoms with Crippen molar-refractivity contribution < 1.29 is 15.0 Å². The van der Waals surface area contributed by atoms with E-state index in [1.807, 2.05) is 60.7 Å². The second kappa shape index (κ2) is 6.52. The highest BCUT2D eigenvalue weighted by Gasteiger charge is 2.30. The number of hydrogen-bond donors (Lipinski definition) is 3. The molecular weight excluding hydrogens is 266 g/mol. The summed E-state index contributed by atoms with van der Waals surface area (Å²) in [7, 11) is 0. The minimum Gasteiger partial charge on any atom is -0.479 e. The minimum atomic E-state index is -1.80. The van der Waals surface area contributed by atoms with Crippen molar-refractivity contribution in [3.8, 4) is 0 Å². The van der Waals surface area contributed by atoms with Crippen LogP contribution < -0.4 is 5.32 Å². The van der Waals surface area contributed by atoms with Crippen molar-refractivity contribution in [2.45, 2.75) is 18.6 Å². The van der Waals surface area contributed by atoms with Gasteiger partial charge in [0.15, 0.2) is 5.60 Å². The zero-order chi connectivity index (χ0) is 15.3. The third-order valence-electron chi connectivity index (χ3n) is 3.38. The first-order valence-corrected chi connectivity index (χ1v) is 6.80. The number of benzene rings is 2. The van der Waals surface area contributed by atoms with Crippen molar-refractivity contribution in [2.24, 2.45) is 0 Å². The minimum absolute atomic E-state index is 0.0449. The molecule has 0 amide bonds. The van der Waals surface area contributed by atoms with Crippen molar-refractivity contribution in [3.63, 3.8) is 0 Å². The van der Waals surface area contributed by atoms with Crippen LogP contribution in [0.1, 0.15) is 24.1 Å². The molecule has 4 nitrogen and oxygen atoms in total. The van der Waals surface area contributed by atoms with Crippen LogP contribution in [0.15, 0.2) is 60.7 Å². The maximum Gasteiger partial charge on any atom is 0.336 e. The van der Waals surface area contributed by atoms with Gasteiger partial charge in [-0.05, 0) is 18.1 Å².